The Balaban J connectivity index is 1.89. The van der Waals surface area contributed by atoms with Gasteiger partial charge in [0.15, 0.2) is 11.6 Å². The highest BCUT2D eigenvalue weighted by Gasteiger charge is 2.21. The topological polar surface area (TPSA) is 68.6 Å². The minimum atomic E-state index is -0.841. The van der Waals surface area contributed by atoms with Crippen LogP contribution in [-0.4, -0.2) is 25.7 Å². The van der Waals surface area contributed by atoms with E-state index in [-0.39, 0.29) is 11.6 Å². The molecule has 0 aromatic carbocycles. The number of hydrogen-bond donors (Lipinski definition) is 0. The Morgan fingerprint density at radius 2 is 1.70 bits per heavy atom. The molecule has 2 heterocycles. The van der Waals surface area contributed by atoms with Crippen LogP contribution >= 0.6 is 0 Å². The van der Waals surface area contributed by atoms with E-state index in [1.807, 2.05) is 0 Å². The predicted molar refractivity (Wildman–Crippen MR) is 78.8 cm³/mol. The van der Waals surface area contributed by atoms with E-state index in [9.17, 15) is 13.6 Å². The van der Waals surface area contributed by atoms with E-state index in [0.717, 1.165) is 12.5 Å². The lowest BCUT2D eigenvalue weighted by Crippen LogP contribution is -2.13. The van der Waals surface area contributed by atoms with Gasteiger partial charge in [0.1, 0.15) is 0 Å². The van der Waals surface area contributed by atoms with Crippen LogP contribution in [-0.2, 0) is 4.79 Å². The molecule has 1 fully saturated rings. The summed E-state index contributed by atoms with van der Waals surface area (Å²) < 4.78 is 26.1. The molecule has 5 nitrogen and oxygen atoms in total. The van der Waals surface area contributed by atoms with E-state index >= 15 is 0 Å². The summed E-state index contributed by atoms with van der Waals surface area (Å²) in [5.41, 5.74) is 1.36. The molecule has 0 aliphatic heterocycles. The van der Waals surface area contributed by atoms with Crippen LogP contribution in [0.4, 0.5) is 8.78 Å². The summed E-state index contributed by atoms with van der Waals surface area (Å²) >= 11 is 0. The fourth-order valence-electron chi connectivity index (χ4n) is 2.36. The maximum atomic E-state index is 13.1. The minimum Gasteiger partial charge on any atom is -0.289 e. The zero-order valence-corrected chi connectivity index (χ0v) is 12.0. The third kappa shape index (κ3) is 3.68. The van der Waals surface area contributed by atoms with E-state index in [0.29, 0.717) is 29.7 Å². The van der Waals surface area contributed by atoms with Gasteiger partial charge in [-0.25, -0.2) is 19.9 Å². The molecule has 116 valence electrons. The summed E-state index contributed by atoms with van der Waals surface area (Å²) in [5.74, 6) is -0.673. The average Bonchev–Trinajstić information content (AvgIpc) is 2.51. The summed E-state index contributed by atoms with van der Waals surface area (Å²) in [6, 6.07) is 2.66. The molecular weight excluding hydrogens is 302 g/mol. The number of halogens is 2. The smallest absolute Gasteiger partial charge is 0.289 e. The van der Waals surface area contributed by atoms with Gasteiger partial charge in [0.05, 0.1) is 5.69 Å². The molecule has 7 heteroatoms. The molecule has 0 amide bonds. The molecule has 0 N–H and O–H groups in total. The van der Waals surface area contributed by atoms with Gasteiger partial charge in [-0.15, -0.1) is 0 Å². The Hall–Kier alpha value is -2.83. The van der Waals surface area contributed by atoms with Gasteiger partial charge in [-0.2, -0.15) is 8.78 Å². The second-order valence-electron chi connectivity index (χ2n) is 5.01. The van der Waals surface area contributed by atoms with Crippen molar-refractivity contribution in [3.63, 3.8) is 0 Å². The van der Waals surface area contributed by atoms with Crippen LogP contribution in [0.5, 0.6) is 0 Å². The second-order valence-corrected chi connectivity index (χ2v) is 5.01. The number of carbonyl (C=O) groups is 1. The number of ketones is 1. The molecule has 0 unspecified atom stereocenters. The summed E-state index contributed by atoms with van der Waals surface area (Å²) in [4.78, 5) is 27.0. The van der Waals surface area contributed by atoms with Crippen molar-refractivity contribution in [2.75, 3.05) is 0 Å². The summed E-state index contributed by atoms with van der Waals surface area (Å²) in [7, 11) is 0. The molecule has 2 aromatic rings. The first-order chi connectivity index (χ1) is 11.1. The van der Waals surface area contributed by atoms with Crippen molar-refractivity contribution in [3.8, 4) is 0 Å². The Morgan fingerprint density at radius 1 is 0.957 bits per heavy atom. The molecule has 23 heavy (non-hydrogen) atoms. The van der Waals surface area contributed by atoms with Gasteiger partial charge < -0.3 is 0 Å². The van der Waals surface area contributed by atoms with Crippen LogP contribution in [0.3, 0.4) is 0 Å². The van der Waals surface area contributed by atoms with Gasteiger partial charge in [0.2, 0.25) is 5.95 Å². The van der Waals surface area contributed by atoms with Gasteiger partial charge in [0, 0.05) is 29.6 Å². The van der Waals surface area contributed by atoms with Crippen molar-refractivity contribution in [1.29, 1.82) is 0 Å². The number of aromatic nitrogens is 4. The molecule has 0 bridgehead atoms. The third-order valence-electron chi connectivity index (χ3n) is 3.39. The Kier molecular flexibility index (Phi) is 4.27. The normalized spacial score (nSPS) is 18.6. The Labute approximate surface area is 130 Å². The highest BCUT2D eigenvalue weighted by Crippen LogP contribution is 2.27. The van der Waals surface area contributed by atoms with E-state index in [1.54, 1.807) is 6.08 Å². The average molecular weight is 314 g/mol. The monoisotopic (exact) mass is 314 g/mol. The number of allylic oxidation sites excluding steroid dienone is 2. The quantitative estimate of drug-likeness (QED) is 0.484. The van der Waals surface area contributed by atoms with Crippen LogP contribution in [0.25, 0.3) is 12.2 Å². The lowest BCUT2D eigenvalue weighted by atomic mass is 9.88. The third-order valence-corrected chi connectivity index (χ3v) is 3.39. The molecule has 3 rings (SSSR count). The van der Waals surface area contributed by atoms with Crippen LogP contribution in [0.2, 0.25) is 0 Å². The minimum absolute atomic E-state index is 0.155. The van der Waals surface area contributed by atoms with Gasteiger partial charge in [-0.05, 0) is 37.5 Å². The molecular formula is C16H12F2N4O. The largest absolute Gasteiger partial charge is 0.309 e. The van der Waals surface area contributed by atoms with Crippen LogP contribution in [0, 0.1) is 12.0 Å². The van der Waals surface area contributed by atoms with Crippen LogP contribution in [0.1, 0.15) is 30.8 Å². The van der Waals surface area contributed by atoms with Crippen molar-refractivity contribution in [2.24, 2.45) is 0 Å². The maximum absolute atomic E-state index is 13.1. The molecule has 1 aliphatic carbocycles. The number of rotatable bonds is 2. The van der Waals surface area contributed by atoms with Gasteiger partial charge >= 0.3 is 6.08 Å². The van der Waals surface area contributed by atoms with Crippen molar-refractivity contribution < 1.29 is 13.6 Å². The standard InChI is InChI=1S/C16H12F2N4O/c17-13-5-7-19-14(22-13)9-11-3-1-2-10(15(11)23)8-12-4-6-20-16(18)21-12/h4-9H,1-3H2/b10-8+,11-9+. The summed E-state index contributed by atoms with van der Waals surface area (Å²) in [5, 5.41) is 0. The first kappa shape index (κ1) is 15.1. The van der Waals surface area contributed by atoms with Crippen molar-refractivity contribution in [2.45, 2.75) is 19.3 Å². The van der Waals surface area contributed by atoms with E-state index in [2.05, 4.69) is 19.9 Å². The van der Waals surface area contributed by atoms with Gasteiger partial charge in [-0.1, -0.05) is 0 Å². The van der Waals surface area contributed by atoms with E-state index in [1.165, 1.54) is 24.5 Å². The summed E-state index contributed by atoms with van der Waals surface area (Å²) in [6.45, 7) is 0. The maximum Gasteiger partial charge on any atom is 0.309 e. The van der Waals surface area contributed by atoms with E-state index in [4.69, 9.17) is 0 Å². The first-order valence-electron chi connectivity index (χ1n) is 7.05. The molecule has 2 aromatic heterocycles. The number of nitrogens with zero attached hydrogens (tertiary/aromatic N) is 4. The molecule has 0 atom stereocenters. The number of Topliss-reactive ketones (excluding diaryl/α,β-unsaturated/α-hetero) is 1. The fourth-order valence-corrected chi connectivity index (χ4v) is 2.36. The van der Waals surface area contributed by atoms with Crippen LogP contribution in [0.15, 0.2) is 35.7 Å². The lowest BCUT2D eigenvalue weighted by Gasteiger charge is -2.16. The van der Waals surface area contributed by atoms with Gasteiger partial charge in [-0.3, -0.25) is 4.79 Å². The Bertz CT molecular complexity index is 752. The van der Waals surface area contributed by atoms with Crippen molar-refractivity contribution in [1.82, 2.24) is 19.9 Å². The zero-order chi connectivity index (χ0) is 16.2. The van der Waals surface area contributed by atoms with Crippen molar-refractivity contribution >= 4 is 17.9 Å². The molecule has 0 radical (unpaired) electrons. The molecule has 0 spiro atoms. The molecule has 1 saturated carbocycles. The Morgan fingerprint density at radius 3 is 2.43 bits per heavy atom. The van der Waals surface area contributed by atoms with Crippen molar-refractivity contribution in [3.05, 3.63) is 59.2 Å². The SMILES string of the molecule is O=C1/C(=C/c2ccnc(F)n2)CCC/C1=C\c1nccc(F)n1. The fraction of sp³-hybridized carbons (Fsp3) is 0.188. The number of hydrogen-bond acceptors (Lipinski definition) is 5. The van der Waals surface area contributed by atoms with Crippen LogP contribution < -0.4 is 0 Å². The highest BCUT2D eigenvalue weighted by molar-refractivity contribution is 6.13. The number of carbonyl (C=O) groups excluding carboxylic acids is 1. The zero-order valence-electron chi connectivity index (χ0n) is 12.0. The first-order valence-corrected chi connectivity index (χ1v) is 7.05. The molecule has 1 aliphatic rings. The second kappa shape index (κ2) is 6.51. The molecule has 0 saturated heterocycles. The van der Waals surface area contributed by atoms with E-state index < -0.39 is 12.0 Å². The summed E-state index contributed by atoms with van der Waals surface area (Å²) in [6.07, 6.45) is 6.67. The lowest BCUT2D eigenvalue weighted by molar-refractivity contribution is -0.112. The van der Waals surface area contributed by atoms with Gasteiger partial charge in [0.25, 0.3) is 0 Å². The highest BCUT2D eigenvalue weighted by atomic mass is 19.1. The predicted octanol–water partition coefficient (Wildman–Crippen LogP) is 2.76.